The number of anilines is 1. The van der Waals surface area contributed by atoms with Crippen molar-refractivity contribution in [3.8, 4) is 0 Å². The van der Waals surface area contributed by atoms with E-state index in [2.05, 4.69) is 20.6 Å². The molecular weight excluding hydrogens is 328 g/mol. The molecule has 3 heterocycles. The molecule has 120 valence electrons. The summed E-state index contributed by atoms with van der Waals surface area (Å²) in [7, 11) is 0. The summed E-state index contributed by atoms with van der Waals surface area (Å²) in [6.45, 7) is 0. The van der Waals surface area contributed by atoms with Gasteiger partial charge in [-0.3, -0.25) is 9.59 Å². The van der Waals surface area contributed by atoms with Gasteiger partial charge in [-0.1, -0.05) is 29.8 Å². The van der Waals surface area contributed by atoms with Gasteiger partial charge in [0.05, 0.1) is 5.52 Å². The summed E-state index contributed by atoms with van der Waals surface area (Å²) in [5.41, 5.74) is 2.87. The van der Waals surface area contributed by atoms with Gasteiger partial charge in [0.25, 0.3) is 5.91 Å². The van der Waals surface area contributed by atoms with E-state index in [1.807, 2.05) is 24.3 Å². The lowest BCUT2D eigenvalue weighted by molar-refractivity contribution is -0.118. The molecule has 7 heteroatoms. The summed E-state index contributed by atoms with van der Waals surface area (Å²) >= 11 is 5.85. The maximum atomic E-state index is 12.4. The molecule has 1 atom stereocenters. The Bertz CT molecular complexity index is 966. The highest BCUT2D eigenvalue weighted by atomic mass is 35.5. The Morgan fingerprint density at radius 2 is 2.12 bits per heavy atom. The number of aromatic nitrogens is 2. The number of nitrogens with zero attached hydrogens (tertiary/aromatic N) is 1. The van der Waals surface area contributed by atoms with E-state index in [9.17, 15) is 9.59 Å². The fraction of sp³-hybridized carbons (Fsp3) is 0.118. The number of amides is 2. The lowest BCUT2D eigenvalue weighted by Crippen LogP contribution is -2.47. The minimum atomic E-state index is -0.611. The van der Waals surface area contributed by atoms with Crippen LogP contribution < -0.4 is 10.6 Å². The van der Waals surface area contributed by atoms with Gasteiger partial charge in [-0.15, -0.1) is 0 Å². The molecule has 0 aliphatic carbocycles. The van der Waals surface area contributed by atoms with Gasteiger partial charge in [0.2, 0.25) is 5.91 Å². The largest absolute Gasteiger partial charge is 0.350 e. The Labute approximate surface area is 142 Å². The number of carbonyl (C=O) groups is 2. The molecule has 0 fully saturated rings. The minimum absolute atomic E-state index is 0.220. The van der Waals surface area contributed by atoms with Crippen LogP contribution in [0.1, 0.15) is 16.1 Å². The lowest BCUT2D eigenvalue weighted by Gasteiger charge is -2.25. The number of nitrogens with one attached hydrogen (secondary N) is 3. The van der Waals surface area contributed by atoms with E-state index in [-0.39, 0.29) is 11.8 Å². The van der Waals surface area contributed by atoms with Crippen LogP contribution in [-0.4, -0.2) is 27.8 Å². The molecule has 6 nitrogen and oxygen atoms in total. The molecule has 2 aromatic heterocycles. The average Bonchev–Trinajstić information content (AvgIpc) is 2.98. The lowest BCUT2D eigenvalue weighted by atomic mass is 9.99. The van der Waals surface area contributed by atoms with Crippen LogP contribution in [0.2, 0.25) is 5.15 Å². The summed E-state index contributed by atoms with van der Waals surface area (Å²) in [4.78, 5) is 31.6. The van der Waals surface area contributed by atoms with Gasteiger partial charge in [-0.05, 0) is 23.8 Å². The molecule has 3 aromatic rings. The van der Waals surface area contributed by atoms with Crippen LogP contribution in [0.3, 0.4) is 0 Å². The second-order valence-corrected chi connectivity index (χ2v) is 6.04. The maximum absolute atomic E-state index is 12.4. The standard InChI is InChI=1S/C17H13ClN4O2/c18-15-7-12-10(8-19-15)6-13(20-12)16(23)22-14-5-9-3-1-2-4-11(9)21-17(14)24/h1-4,6-8,14,20H,5H2,(H,21,24)(H,22,23). The molecular formula is C17H13ClN4O2. The first kappa shape index (κ1) is 14.7. The number of H-pyrrole nitrogens is 1. The van der Waals surface area contributed by atoms with Crippen molar-refractivity contribution in [2.75, 3.05) is 5.32 Å². The predicted molar refractivity (Wildman–Crippen MR) is 91.1 cm³/mol. The number of rotatable bonds is 2. The van der Waals surface area contributed by atoms with E-state index in [0.717, 1.165) is 22.2 Å². The zero-order valence-corrected chi connectivity index (χ0v) is 13.2. The van der Waals surface area contributed by atoms with Crippen molar-refractivity contribution in [2.24, 2.45) is 0 Å². The number of hydrogen-bond acceptors (Lipinski definition) is 3. The highest BCUT2D eigenvalue weighted by Gasteiger charge is 2.27. The maximum Gasteiger partial charge on any atom is 0.268 e. The quantitative estimate of drug-likeness (QED) is 0.626. The number of benzene rings is 1. The zero-order chi connectivity index (χ0) is 16.7. The van der Waals surface area contributed by atoms with Crippen molar-refractivity contribution in [3.05, 3.63) is 59.0 Å². The molecule has 1 aromatic carbocycles. The molecule has 2 amide bonds. The first-order valence-electron chi connectivity index (χ1n) is 7.44. The van der Waals surface area contributed by atoms with Crippen molar-refractivity contribution in [2.45, 2.75) is 12.5 Å². The number of para-hydroxylation sites is 1. The number of halogens is 1. The molecule has 0 saturated heterocycles. The molecule has 0 bridgehead atoms. The molecule has 0 radical (unpaired) electrons. The fourth-order valence-electron chi connectivity index (χ4n) is 2.83. The molecule has 4 rings (SSSR count). The van der Waals surface area contributed by atoms with E-state index < -0.39 is 6.04 Å². The van der Waals surface area contributed by atoms with Gasteiger partial charge in [-0.25, -0.2) is 4.98 Å². The van der Waals surface area contributed by atoms with Gasteiger partial charge >= 0.3 is 0 Å². The first-order valence-corrected chi connectivity index (χ1v) is 7.82. The van der Waals surface area contributed by atoms with Gasteiger partial charge in [-0.2, -0.15) is 0 Å². The minimum Gasteiger partial charge on any atom is -0.350 e. The van der Waals surface area contributed by atoms with E-state index >= 15 is 0 Å². The SMILES string of the molecule is O=C(NC1Cc2ccccc2NC1=O)c1cc2cnc(Cl)cc2[nH]1. The third-order valence-electron chi connectivity index (χ3n) is 4.04. The van der Waals surface area contributed by atoms with Gasteiger partial charge < -0.3 is 15.6 Å². The summed E-state index contributed by atoms with van der Waals surface area (Å²) < 4.78 is 0. The van der Waals surface area contributed by atoms with Crippen LogP contribution in [0, 0.1) is 0 Å². The van der Waals surface area contributed by atoms with Crippen molar-refractivity contribution in [3.63, 3.8) is 0 Å². The molecule has 1 aliphatic rings. The van der Waals surface area contributed by atoms with Gasteiger partial charge in [0, 0.05) is 23.7 Å². The second kappa shape index (κ2) is 5.65. The van der Waals surface area contributed by atoms with Crippen LogP contribution in [-0.2, 0) is 11.2 Å². The zero-order valence-electron chi connectivity index (χ0n) is 12.5. The molecule has 0 spiro atoms. The van der Waals surface area contributed by atoms with Gasteiger partial charge in [0.1, 0.15) is 16.9 Å². The number of hydrogen-bond donors (Lipinski definition) is 3. The third kappa shape index (κ3) is 2.61. The molecule has 1 unspecified atom stereocenters. The average molecular weight is 341 g/mol. The number of aromatic amines is 1. The Kier molecular flexibility index (Phi) is 3.46. The smallest absolute Gasteiger partial charge is 0.268 e. The topological polar surface area (TPSA) is 86.9 Å². The monoisotopic (exact) mass is 340 g/mol. The van der Waals surface area contributed by atoms with Crippen molar-refractivity contribution in [1.82, 2.24) is 15.3 Å². The fourth-order valence-corrected chi connectivity index (χ4v) is 2.99. The van der Waals surface area contributed by atoms with Crippen LogP contribution in [0.25, 0.3) is 10.9 Å². The second-order valence-electron chi connectivity index (χ2n) is 5.65. The van der Waals surface area contributed by atoms with Crippen molar-refractivity contribution >= 4 is 40.0 Å². The van der Waals surface area contributed by atoms with Crippen molar-refractivity contribution in [1.29, 1.82) is 0 Å². The van der Waals surface area contributed by atoms with Crippen LogP contribution in [0.15, 0.2) is 42.6 Å². The first-order chi connectivity index (χ1) is 11.6. The van der Waals surface area contributed by atoms with E-state index in [4.69, 9.17) is 11.6 Å². The summed E-state index contributed by atoms with van der Waals surface area (Å²) in [5, 5.41) is 6.70. The summed E-state index contributed by atoms with van der Waals surface area (Å²) in [5.74, 6) is -0.565. The molecule has 0 saturated carbocycles. The summed E-state index contributed by atoms with van der Waals surface area (Å²) in [6, 6.07) is 10.3. The van der Waals surface area contributed by atoms with Crippen LogP contribution in [0.5, 0.6) is 0 Å². The normalized spacial score (nSPS) is 16.5. The highest BCUT2D eigenvalue weighted by Crippen LogP contribution is 2.22. The van der Waals surface area contributed by atoms with Crippen LogP contribution in [0.4, 0.5) is 5.69 Å². The van der Waals surface area contributed by atoms with E-state index in [1.54, 1.807) is 18.3 Å². The van der Waals surface area contributed by atoms with Gasteiger partial charge in [0.15, 0.2) is 0 Å². The Morgan fingerprint density at radius 1 is 1.29 bits per heavy atom. The third-order valence-corrected chi connectivity index (χ3v) is 4.24. The Balaban J connectivity index is 1.56. The van der Waals surface area contributed by atoms with Crippen LogP contribution >= 0.6 is 11.6 Å². The number of carbonyl (C=O) groups excluding carboxylic acids is 2. The summed E-state index contributed by atoms with van der Waals surface area (Å²) in [6.07, 6.45) is 2.05. The van der Waals surface area contributed by atoms with E-state index in [0.29, 0.717) is 17.3 Å². The molecule has 24 heavy (non-hydrogen) atoms. The predicted octanol–water partition coefficient (Wildman–Crippen LogP) is 2.51. The number of fused-ring (bicyclic) bond motifs is 2. The highest BCUT2D eigenvalue weighted by molar-refractivity contribution is 6.30. The molecule has 1 aliphatic heterocycles. The van der Waals surface area contributed by atoms with Crippen molar-refractivity contribution < 1.29 is 9.59 Å². The van der Waals surface area contributed by atoms with E-state index in [1.165, 1.54) is 0 Å². The number of pyridine rings is 1. The Morgan fingerprint density at radius 3 is 3.00 bits per heavy atom. The molecule has 3 N–H and O–H groups in total. The Hall–Kier alpha value is -2.86.